The first kappa shape index (κ1) is 15.8. The highest BCUT2D eigenvalue weighted by Gasteiger charge is 2.13. The Morgan fingerprint density at radius 1 is 1.16 bits per heavy atom. The highest BCUT2D eigenvalue weighted by molar-refractivity contribution is 6.31. The largest absolute Gasteiger partial charge is 0.327 e. The molecule has 0 saturated heterocycles. The molecule has 126 valence electrons. The fourth-order valence-electron chi connectivity index (χ4n) is 3.10. The average Bonchev–Trinajstić information content (AvgIpc) is 3.18. The minimum absolute atomic E-state index is 0.275. The van der Waals surface area contributed by atoms with Gasteiger partial charge >= 0.3 is 0 Å². The number of rotatable bonds is 4. The zero-order valence-corrected chi connectivity index (χ0v) is 14.4. The summed E-state index contributed by atoms with van der Waals surface area (Å²) in [5.74, 6) is 1.35. The van der Waals surface area contributed by atoms with Gasteiger partial charge in [0.05, 0.1) is 17.6 Å². The van der Waals surface area contributed by atoms with Crippen LogP contribution in [0.4, 0.5) is 4.39 Å². The molecule has 0 aliphatic heterocycles. The maximum absolute atomic E-state index is 13.5. The summed E-state index contributed by atoms with van der Waals surface area (Å²) in [5, 5.41) is 0.669. The lowest BCUT2D eigenvalue weighted by Gasteiger charge is -2.10. The number of aryl methyl sites for hydroxylation is 1. The molecule has 0 fully saturated rings. The van der Waals surface area contributed by atoms with Gasteiger partial charge in [-0.25, -0.2) is 14.4 Å². The fourth-order valence-corrected chi connectivity index (χ4v) is 3.27. The highest BCUT2D eigenvalue weighted by atomic mass is 35.5. The molecule has 4 nitrogen and oxygen atoms in total. The third kappa shape index (κ3) is 2.91. The van der Waals surface area contributed by atoms with Crippen LogP contribution in [-0.4, -0.2) is 19.1 Å². The summed E-state index contributed by atoms with van der Waals surface area (Å²) in [6.07, 6.45) is 3.60. The molecule has 4 rings (SSSR count). The second-order valence-corrected chi connectivity index (χ2v) is 6.23. The van der Waals surface area contributed by atoms with E-state index in [2.05, 4.69) is 16.5 Å². The maximum atomic E-state index is 13.5. The summed E-state index contributed by atoms with van der Waals surface area (Å²) in [5.41, 5.74) is 2.67. The van der Waals surface area contributed by atoms with Crippen molar-refractivity contribution in [3.05, 3.63) is 71.5 Å². The molecule has 2 aromatic carbocycles. The van der Waals surface area contributed by atoms with Crippen molar-refractivity contribution in [3.8, 4) is 11.4 Å². The smallest absolute Gasteiger partial charge is 0.140 e. The Balaban J connectivity index is 1.77. The second kappa shape index (κ2) is 6.33. The van der Waals surface area contributed by atoms with Gasteiger partial charge in [-0.2, -0.15) is 0 Å². The first-order valence-electron chi connectivity index (χ1n) is 8.07. The van der Waals surface area contributed by atoms with Gasteiger partial charge in [0.15, 0.2) is 0 Å². The van der Waals surface area contributed by atoms with Crippen LogP contribution < -0.4 is 0 Å². The van der Waals surface area contributed by atoms with E-state index in [0.29, 0.717) is 17.4 Å². The van der Waals surface area contributed by atoms with E-state index in [4.69, 9.17) is 16.6 Å². The maximum Gasteiger partial charge on any atom is 0.140 e. The molecule has 0 unspecified atom stereocenters. The molecule has 4 aromatic rings. The van der Waals surface area contributed by atoms with E-state index in [9.17, 15) is 4.39 Å². The van der Waals surface area contributed by atoms with Gasteiger partial charge in [-0.05, 0) is 37.3 Å². The minimum Gasteiger partial charge on any atom is -0.327 e. The monoisotopic (exact) mass is 354 g/mol. The van der Waals surface area contributed by atoms with Crippen LogP contribution in [0, 0.1) is 5.82 Å². The minimum atomic E-state index is -0.275. The average molecular weight is 355 g/mol. The summed E-state index contributed by atoms with van der Waals surface area (Å²) in [6.45, 7) is 3.43. The van der Waals surface area contributed by atoms with E-state index in [1.807, 2.05) is 35.0 Å². The first-order valence-corrected chi connectivity index (χ1v) is 8.45. The summed E-state index contributed by atoms with van der Waals surface area (Å²) in [6, 6.07) is 12.2. The van der Waals surface area contributed by atoms with Crippen LogP contribution in [0.15, 0.2) is 54.9 Å². The van der Waals surface area contributed by atoms with E-state index < -0.39 is 0 Å². The topological polar surface area (TPSA) is 35.6 Å². The zero-order chi connectivity index (χ0) is 17.4. The van der Waals surface area contributed by atoms with E-state index in [0.717, 1.165) is 29.0 Å². The SMILES string of the molecule is CCn1c(Cn2ccnc2-c2cccc(F)c2)nc2cc(Cl)ccc21. The Morgan fingerprint density at radius 3 is 2.84 bits per heavy atom. The predicted octanol–water partition coefficient (Wildman–Crippen LogP) is 4.76. The van der Waals surface area contributed by atoms with Crippen molar-refractivity contribution >= 4 is 22.6 Å². The molecule has 2 heterocycles. The lowest BCUT2D eigenvalue weighted by Crippen LogP contribution is -2.08. The summed E-state index contributed by atoms with van der Waals surface area (Å²) in [4.78, 5) is 9.11. The first-order chi connectivity index (χ1) is 12.2. The number of hydrogen-bond acceptors (Lipinski definition) is 2. The quantitative estimate of drug-likeness (QED) is 0.529. The predicted molar refractivity (Wildman–Crippen MR) is 97.1 cm³/mol. The number of imidazole rings is 2. The molecule has 0 bridgehead atoms. The normalized spacial score (nSPS) is 11.3. The van der Waals surface area contributed by atoms with E-state index >= 15 is 0 Å². The molecule has 0 amide bonds. The molecular weight excluding hydrogens is 339 g/mol. The lowest BCUT2D eigenvalue weighted by molar-refractivity contribution is 0.627. The van der Waals surface area contributed by atoms with Crippen molar-refractivity contribution < 1.29 is 4.39 Å². The van der Waals surface area contributed by atoms with Crippen molar-refractivity contribution in [3.63, 3.8) is 0 Å². The van der Waals surface area contributed by atoms with Gasteiger partial charge in [-0.1, -0.05) is 23.7 Å². The highest BCUT2D eigenvalue weighted by Crippen LogP contribution is 2.23. The van der Waals surface area contributed by atoms with Gasteiger partial charge in [0.2, 0.25) is 0 Å². The van der Waals surface area contributed by atoms with Gasteiger partial charge in [0.25, 0.3) is 0 Å². The van der Waals surface area contributed by atoms with Crippen LogP contribution in [-0.2, 0) is 13.1 Å². The van der Waals surface area contributed by atoms with Gasteiger partial charge in [0.1, 0.15) is 17.5 Å². The van der Waals surface area contributed by atoms with Crippen molar-refractivity contribution in [2.45, 2.75) is 20.0 Å². The van der Waals surface area contributed by atoms with Crippen LogP contribution in [0.5, 0.6) is 0 Å². The molecule has 0 saturated carbocycles. The van der Waals surface area contributed by atoms with Crippen LogP contribution in [0.1, 0.15) is 12.7 Å². The molecule has 0 aliphatic carbocycles. The summed E-state index contributed by atoms with van der Waals surface area (Å²) < 4.78 is 17.7. The number of aromatic nitrogens is 4. The van der Waals surface area contributed by atoms with Crippen molar-refractivity contribution in [2.24, 2.45) is 0 Å². The molecule has 0 atom stereocenters. The zero-order valence-electron chi connectivity index (χ0n) is 13.7. The molecular formula is C19H16ClFN4. The number of hydrogen-bond donors (Lipinski definition) is 0. The Bertz CT molecular complexity index is 1050. The number of nitrogens with zero attached hydrogens (tertiary/aromatic N) is 4. The van der Waals surface area contributed by atoms with Gasteiger partial charge in [0, 0.05) is 29.5 Å². The van der Waals surface area contributed by atoms with E-state index in [1.54, 1.807) is 12.3 Å². The third-order valence-corrected chi connectivity index (χ3v) is 4.45. The number of benzene rings is 2. The third-order valence-electron chi connectivity index (χ3n) is 4.22. The number of fused-ring (bicyclic) bond motifs is 1. The molecule has 25 heavy (non-hydrogen) atoms. The molecule has 0 aliphatic rings. The van der Waals surface area contributed by atoms with Gasteiger partial charge in [-0.15, -0.1) is 0 Å². The molecule has 0 spiro atoms. The Kier molecular flexibility index (Phi) is 4.01. The van der Waals surface area contributed by atoms with Crippen LogP contribution in [0.3, 0.4) is 0 Å². The fraction of sp³-hybridized carbons (Fsp3) is 0.158. The molecule has 0 radical (unpaired) electrons. The molecule has 2 aromatic heterocycles. The van der Waals surface area contributed by atoms with Crippen molar-refractivity contribution in [1.29, 1.82) is 0 Å². The van der Waals surface area contributed by atoms with Gasteiger partial charge < -0.3 is 9.13 Å². The molecule has 6 heteroatoms. The summed E-state index contributed by atoms with van der Waals surface area (Å²) in [7, 11) is 0. The van der Waals surface area contributed by atoms with Crippen LogP contribution in [0.25, 0.3) is 22.4 Å². The van der Waals surface area contributed by atoms with Crippen molar-refractivity contribution in [1.82, 2.24) is 19.1 Å². The Morgan fingerprint density at radius 2 is 2.04 bits per heavy atom. The lowest BCUT2D eigenvalue weighted by atomic mass is 10.2. The van der Waals surface area contributed by atoms with Crippen LogP contribution in [0.2, 0.25) is 5.02 Å². The summed E-state index contributed by atoms with van der Waals surface area (Å²) >= 11 is 6.09. The Labute approximate surface area is 149 Å². The van der Waals surface area contributed by atoms with E-state index in [-0.39, 0.29) is 5.82 Å². The van der Waals surface area contributed by atoms with Crippen LogP contribution >= 0.6 is 11.6 Å². The standard InChI is InChI=1S/C19H16ClFN4/c1-2-25-17-7-6-14(20)11-16(17)23-18(25)12-24-9-8-22-19(24)13-4-3-5-15(21)10-13/h3-11H,2,12H2,1H3. The molecule has 0 N–H and O–H groups in total. The van der Waals surface area contributed by atoms with Crippen molar-refractivity contribution in [2.75, 3.05) is 0 Å². The van der Waals surface area contributed by atoms with Gasteiger partial charge in [-0.3, -0.25) is 0 Å². The number of halogens is 2. The Hall–Kier alpha value is -2.66. The van der Waals surface area contributed by atoms with E-state index in [1.165, 1.54) is 12.1 Å². The second-order valence-electron chi connectivity index (χ2n) is 5.79.